The molecule has 0 saturated carbocycles. The Kier molecular flexibility index (Phi) is 13.2. The summed E-state index contributed by atoms with van der Waals surface area (Å²) in [6.07, 6.45) is -10.5. The van der Waals surface area contributed by atoms with Gasteiger partial charge in [-0.2, -0.15) is 57.1 Å². The second-order valence-corrected chi connectivity index (χ2v) is 22.8. The fraction of sp³-hybridized carbons (Fsp3) is 0.885. The summed E-state index contributed by atoms with van der Waals surface area (Å²) in [5.41, 5.74) is -1.64. The maximum atomic E-state index is 14.8. The van der Waals surface area contributed by atoms with Crippen LogP contribution in [0.4, 0.5) is 57.1 Å². The molecule has 0 bridgehead atoms. The highest BCUT2D eigenvalue weighted by Crippen LogP contribution is 2.61. The molecular weight excluding hydrogens is 679 g/mol. The van der Waals surface area contributed by atoms with Gasteiger partial charge in [-0.1, -0.05) is 48.5 Å². The molecule has 0 unspecified atom stereocenters. The molecule has 0 aliphatic rings. The first-order valence-corrected chi connectivity index (χ1v) is 18.9. The standard InChI is InChI=1S/C26H41F13O4Si2/c1-15(2)45(16(3)4,43-18(11-12-19(40)41)17(5)42-44(9,10)20(6,7)8)14-13-21(27,28)22(29,30)23(31,32)24(33,34)25(35,36)26(37,38)39/h11-12,15-18H,13-14H2,1-10H3,(H,40,41)/b12-11+/t17-,18+/m0/s1. The van der Waals surface area contributed by atoms with E-state index in [0.29, 0.717) is 6.08 Å². The Morgan fingerprint density at radius 1 is 0.711 bits per heavy atom. The maximum Gasteiger partial charge on any atom is 0.460 e. The van der Waals surface area contributed by atoms with E-state index in [1.807, 2.05) is 33.9 Å². The van der Waals surface area contributed by atoms with Crippen molar-refractivity contribution in [3.05, 3.63) is 12.2 Å². The van der Waals surface area contributed by atoms with Crippen molar-refractivity contribution >= 4 is 22.6 Å². The highest BCUT2D eigenvalue weighted by molar-refractivity contribution is 6.76. The van der Waals surface area contributed by atoms with E-state index in [-0.39, 0.29) is 0 Å². The van der Waals surface area contributed by atoms with Crippen molar-refractivity contribution < 1.29 is 75.8 Å². The lowest BCUT2D eigenvalue weighted by atomic mass is 9.93. The SMILES string of the molecule is CC(C)[Si](CCC(F)(F)C(F)(F)C(F)(F)C(F)(F)C(F)(F)C(F)(F)F)(O[C@H](/C=C/C(=O)O)[C@H](C)O[Si](C)(C)C(C)(C)C)C(C)C. The van der Waals surface area contributed by atoms with Crippen LogP contribution in [-0.2, 0) is 13.6 Å². The normalized spacial score (nSPS) is 17.0. The lowest BCUT2D eigenvalue weighted by Crippen LogP contribution is -2.70. The van der Waals surface area contributed by atoms with Crippen LogP contribution in [0.3, 0.4) is 0 Å². The van der Waals surface area contributed by atoms with Gasteiger partial charge >= 0.3 is 41.8 Å². The number of carboxylic acid groups (broad SMARTS) is 1. The third-order valence-corrected chi connectivity index (χ3v) is 18.5. The summed E-state index contributed by atoms with van der Waals surface area (Å²) in [4.78, 5) is 11.3. The first kappa shape index (κ1) is 43.7. The largest absolute Gasteiger partial charge is 0.478 e. The van der Waals surface area contributed by atoms with E-state index in [4.69, 9.17) is 14.0 Å². The topological polar surface area (TPSA) is 55.8 Å². The van der Waals surface area contributed by atoms with Crippen LogP contribution in [0.1, 0.15) is 61.8 Å². The number of aliphatic carboxylic acids is 1. The van der Waals surface area contributed by atoms with Crippen molar-refractivity contribution in [3.63, 3.8) is 0 Å². The third kappa shape index (κ3) is 8.58. The monoisotopic (exact) mass is 720 g/mol. The summed E-state index contributed by atoms with van der Waals surface area (Å²) in [7, 11) is -6.63. The molecule has 268 valence electrons. The Labute approximate surface area is 256 Å². The van der Waals surface area contributed by atoms with E-state index in [1.165, 1.54) is 34.6 Å². The van der Waals surface area contributed by atoms with Gasteiger partial charge < -0.3 is 14.0 Å². The minimum absolute atomic E-state index is 0.392. The second-order valence-electron chi connectivity index (χ2n) is 13.1. The van der Waals surface area contributed by atoms with Crippen molar-refractivity contribution in [2.24, 2.45) is 0 Å². The van der Waals surface area contributed by atoms with Gasteiger partial charge in [0.1, 0.15) is 0 Å². The molecule has 0 fully saturated rings. The number of alkyl halides is 13. The first-order chi connectivity index (χ1) is 19.5. The van der Waals surface area contributed by atoms with Crippen LogP contribution in [-0.4, -0.2) is 75.7 Å². The van der Waals surface area contributed by atoms with Gasteiger partial charge in [-0.25, -0.2) is 4.79 Å². The van der Waals surface area contributed by atoms with Crippen LogP contribution in [0, 0.1) is 0 Å². The van der Waals surface area contributed by atoms with Gasteiger partial charge in [0.2, 0.25) is 0 Å². The first-order valence-electron chi connectivity index (χ1n) is 13.7. The fourth-order valence-corrected chi connectivity index (χ4v) is 10.4. The molecule has 2 atom stereocenters. The van der Waals surface area contributed by atoms with Gasteiger partial charge in [-0.15, -0.1) is 0 Å². The van der Waals surface area contributed by atoms with E-state index in [9.17, 15) is 61.9 Å². The molecule has 0 saturated heterocycles. The molecule has 45 heavy (non-hydrogen) atoms. The van der Waals surface area contributed by atoms with Crippen molar-refractivity contribution in [3.8, 4) is 0 Å². The van der Waals surface area contributed by atoms with Crippen molar-refractivity contribution in [2.75, 3.05) is 0 Å². The number of halogens is 13. The average Bonchev–Trinajstić information content (AvgIpc) is 2.80. The highest BCUT2D eigenvalue weighted by atomic mass is 28.4. The van der Waals surface area contributed by atoms with Crippen LogP contribution in [0.15, 0.2) is 12.2 Å². The zero-order valence-corrected chi connectivity index (χ0v) is 28.5. The Hall–Kier alpha value is -1.35. The smallest absolute Gasteiger partial charge is 0.460 e. The Bertz CT molecular complexity index is 1030. The Balaban J connectivity index is 6.84. The second kappa shape index (κ2) is 13.6. The Morgan fingerprint density at radius 3 is 1.44 bits per heavy atom. The van der Waals surface area contributed by atoms with Crippen LogP contribution in [0.25, 0.3) is 0 Å². The van der Waals surface area contributed by atoms with Gasteiger partial charge in [0.05, 0.1) is 12.2 Å². The van der Waals surface area contributed by atoms with Gasteiger partial charge in [-0.05, 0) is 48.3 Å². The highest BCUT2D eigenvalue weighted by Gasteiger charge is 2.90. The molecule has 0 rings (SSSR count). The molecule has 0 amide bonds. The molecule has 0 radical (unpaired) electrons. The molecule has 1 N–H and O–H groups in total. The molecule has 0 aliphatic carbocycles. The van der Waals surface area contributed by atoms with Gasteiger partial charge in [0.25, 0.3) is 0 Å². The maximum absolute atomic E-state index is 14.8. The minimum atomic E-state index is -7.98. The van der Waals surface area contributed by atoms with E-state index >= 15 is 0 Å². The van der Waals surface area contributed by atoms with E-state index in [0.717, 1.165) is 6.08 Å². The van der Waals surface area contributed by atoms with Crippen LogP contribution < -0.4 is 0 Å². The lowest BCUT2D eigenvalue weighted by molar-refractivity contribution is -0.440. The van der Waals surface area contributed by atoms with Crippen LogP contribution in [0.2, 0.25) is 35.3 Å². The number of hydrogen-bond acceptors (Lipinski definition) is 3. The lowest BCUT2D eigenvalue weighted by Gasteiger charge is -2.46. The zero-order chi connectivity index (χ0) is 36.6. The van der Waals surface area contributed by atoms with Crippen LogP contribution in [0.5, 0.6) is 0 Å². The molecular formula is C26H41F13O4Si2. The van der Waals surface area contributed by atoms with Crippen molar-refractivity contribution in [1.29, 1.82) is 0 Å². The summed E-state index contributed by atoms with van der Waals surface area (Å²) in [6.45, 7) is 16.3. The van der Waals surface area contributed by atoms with Gasteiger partial charge in [-0.3, -0.25) is 0 Å². The number of hydrogen-bond donors (Lipinski definition) is 1. The molecule has 0 aromatic rings. The summed E-state index contributed by atoms with van der Waals surface area (Å²) < 4.78 is 191. The van der Waals surface area contributed by atoms with E-state index in [1.54, 1.807) is 0 Å². The van der Waals surface area contributed by atoms with Gasteiger partial charge in [0.15, 0.2) is 16.6 Å². The van der Waals surface area contributed by atoms with E-state index in [2.05, 4.69) is 0 Å². The van der Waals surface area contributed by atoms with E-state index < -0.39 is 99.2 Å². The molecule has 4 nitrogen and oxygen atoms in total. The predicted molar refractivity (Wildman–Crippen MR) is 146 cm³/mol. The molecule has 19 heteroatoms. The summed E-state index contributed by atoms with van der Waals surface area (Å²) in [6, 6.07) is -1.20. The number of carboxylic acids is 1. The molecule has 0 heterocycles. The average molecular weight is 721 g/mol. The quantitative estimate of drug-likeness (QED) is 0.0980. The number of rotatable bonds is 16. The summed E-state index contributed by atoms with van der Waals surface area (Å²) in [5.74, 6) is -38.8. The van der Waals surface area contributed by atoms with Crippen LogP contribution >= 0.6 is 0 Å². The summed E-state index contributed by atoms with van der Waals surface area (Å²) >= 11 is 0. The third-order valence-electron chi connectivity index (χ3n) is 8.32. The van der Waals surface area contributed by atoms with Crippen molar-refractivity contribution in [1.82, 2.24) is 0 Å². The molecule has 0 aromatic heterocycles. The number of carbonyl (C=O) groups is 1. The summed E-state index contributed by atoms with van der Waals surface area (Å²) in [5, 5.41) is 8.78. The minimum Gasteiger partial charge on any atom is -0.478 e. The molecule has 0 aliphatic heterocycles. The van der Waals surface area contributed by atoms with Crippen molar-refractivity contribution in [2.45, 2.75) is 145 Å². The predicted octanol–water partition coefficient (Wildman–Crippen LogP) is 10.3. The zero-order valence-electron chi connectivity index (χ0n) is 26.5. The fourth-order valence-electron chi connectivity index (χ4n) is 4.32. The molecule has 0 aromatic carbocycles. The molecule has 0 spiro atoms. The Morgan fingerprint density at radius 2 is 1.11 bits per heavy atom. The van der Waals surface area contributed by atoms with Gasteiger partial charge in [0, 0.05) is 12.5 Å².